The first-order valence-corrected chi connectivity index (χ1v) is 4.31. The molecule has 1 N–H and O–H groups in total. The molecular weight excluding hydrogens is 164 g/mol. The van der Waals surface area contributed by atoms with Crippen LogP contribution in [0.4, 0.5) is 0 Å². The number of para-hydroxylation sites is 1. The molecule has 1 rings (SSSR count). The molecule has 0 unspecified atom stereocenters. The van der Waals surface area contributed by atoms with Gasteiger partial charge in [0.1, 0.15) is 6.34 Å². The first kappa shape index (κ1) is 9.58. The smallest absolute Gasteiger partial charge is 0.157 e. The summed E-state index contributed by atoms with van der Waals surface area (Å²) in [6.45, 7) is 4.71. The molecule has 0 spiro atoms. The summed E-state index contributed by atoms with van der Waals surface area (Å²) in [5.74, 6) is 0.824. The van der Waals surface area contributed by atoms with E-state index in [9.17, 15) is 0 Å². The quantitative estimate of drug-likeness (QED) is 0.434. The van der Waals surface area contributed by atoms with E-state index >= 15 is 0 Å². The summed E-state index contributed by atoms with van der Waals surface area (Å²) >= 11 is 0. The summed E-state index contributed by atoms with van der Waals surface area (Å²) in [6, 6.07) is 7.80. The highest BCUT2D eigenvalue weighted by Gasteiger charge is 1.94. The standard InChI is InChI=1S/C10H14N2O/c1-3-11-8-12-13-10-7-5-4-6-9(10)2/h4-8H,3H2,1-2H3,(H,11,12). The molecule has 0 radical (unpaired) electrons. The molecule has 1 aromatic carbocycles. The van der Waals surface area contributed by atoms with Crippen LogP contribution < -0.4 is 10.3 Å². The summed E-state index contributed by atoms with van der Waals surface area (Å²) in [5, 5.41) is 0. The summed E-state index contributed by atoms with van der Waals surface area (Å²) in [5.41, 5.74) is 3.75. The SMILES string of the molecule is CCN=CNOc1ccccc1C. The summed E-state index contributed by atoms with van der Waals surface area (Å²) in [4.78, 5) is 9.19. The highest BCUT2D eigenvalue weighted by atomic mass is 16.6. The third-order valence-electron chi connectivity index (χ3n) is 1.59. The van der Waals surface area contributed by atoms with Gasteiger partial charge in [0.15, 0.2) is 5.75 Å². The maximum atomic E-state index is 5.24. The lowest BCUT2D eigenvalue weighted by Crippen LogP contribution is -2.16. The Morgan fingerprint density at radius 1 is 1.46 bits per heavy atom. The molecule has 1 aromatic rings. The Hall–Kier alpha value is -1.51. The Morgan fingerprint density at radius 3 is 2.92 bits per heavy atom. The maximum absolute atomic E-state index is 5.24. The molecule has 0 bridgehead atoms. The van der Waals surface area contributed by atoms with Crippen LogP contribution in [0, 0.1) is 6.92 Å². The first-order valence-electron chi connectivity index (χ1n) is 4.31. The van der Waals surface area contributed by atoms with E-state index in [0.29, 0.717) is 0 Å². The van der Waals surface area contributed by atoms with Gasteiger partial charge >= 0.3 is 0 Å². The van der Waals surface area contributed by atoms with Gasteiger partial charge < -0.3 is 4.84 Å². The van der Waals surface area contributed by atoms with Crippen LogP contribution in [0.15, 0.2) is 29.3 Å². The van der Waals surface area contributed by atoms with Crippen molar-refractivity contribution in [2.45, 2.75) is 13.8 Å². The number of aliphatic imine (C=N–C) groups is 1. The lowest BCUT2D eigenvalue weighted by molar-refractivity contribution is 0.265. The van der Waals surface area contributed by atoms with E-state index in [4.69, 9.17) is 4.84 Å². The van der Waals surface area contributed by atoms with E-state index in [-0.39, 0.29) is 0 Å². The van der Waals surface area contributed by atoms with Crippen molar-refractivity contribution in [2.75, 3.05) is 6.54 Å². The average Bonchev–Trinajstić information content (AvgIpc) is 2.15. The molecule has 0 saturated heterocycles. The van der Waals surface area contributed by atoms with Gasteiger partial charge in [0.25, 0.3) is 0 Å². The zero-order valence-corrected chi connectivity index (χ0v) is 7.95. The number of nitrogens with zero attached hydrogens (tertiary/aromatic N) is 1. The molecule has 0 amide bonds. The topological polar surface area (TPSA) is 33.6 Å². The van der Waals surface area contributed by atoms with Gasteiger partial charge in [0.05, 0.1) is 0 Å². The second-order valence-electron chi connectivity index (χ2n) is 2.61. The third kappa shape index (κ3) is 3.15. The lowest BCUT2D eigenvalue weighted by atomic mass is 10.2. The molecule has 0 heterocycles. The normalized spacial score (nSPS) is 10.3. The fraction of sp³-hybridized carbons (Fsp3) is 0.300. The molecule has 0 atom stereocenters. The van der Waals surface area contributed by atoms with Gasteiger partial charge in [-0.2, -0.15) is 0 Å². The van der Waals surface area contributed by atoms with Gasteiger partial charge in [-0.1, -0.05) is 18.2 Å². The van der Waals surface area contributed by atoms with Crippen LogP contribution in [0.3, 0.4) is 0 Å². The average molecular weight is 178 g/mol. The summed E-state index contributed by atoms with van der Waals surface area (Å²) in [6.07, 6.45) is 1.55. The first-order chi connectivity index (χ1) is 6.34. The highest BCUT2D eigenvalue weighted by molar-refractivity contribution is 5.53. The van der Waals surface area contributed by atoms with Crippen molar-refractivity contribution in [3.8, 4) is 5.75 Å². The minimum absolute atomic E-state index is 0.754. The van der Waals surface area contributed by atoms with Crippen LogP contribution in [0.1, 0.15) is 12.5 Å². The summed E-state index contributed by atoms with van der Waals surface area (Å²) in [7, 11) is 0. The van der Waals surface area contributed by atoms with Crippen LogP contribution in [-0.4, -0.2) is 12.9 Å². The fourth-order valence-electron chi connectivity index (χ4n) is 0.889. The maximum Gasteiger partial charge on any atom is 0.157 e. The Morgan fingerprint density at radius 2 is 2.23 bits per heavy atom. The zero-order chi connectivity index (χ0) is 9.52. The number of nitrogens with one attached hydrogen (secondary N) is 1. The Bertz CT molecular complexity index is 284. The predicted molar refractivity (Wildman–Crippen MR) is 54.0 cm³/mol. The van der Waals surface area contributed by atoms with Crippen molar-refractivity contribution in [3.63, 3.8) is 0 Å². The number of hydrogen-bond donors (Lipinski definition) is 1. The molecule has 0 aliphatic heterocycles. The number of rotatable bonds is 4. The molecular formula is C10H14N2O. The molecule has 0 aliphatic rings. The molecule has 0 aromatic heterocycles. The molecule has 70 valence electrons. The van der Waals surface area contributed by atoms with Crippen molar-refractivity contribution in [1.29, 1.82) is 0 Å². The predicted octanol–water partition coefficient (Wildman–Crippen LogP) is 1.93. The Labute approximate surface area is 78.4 Å². The Kier molecular flexibility index (Phi) is 3.82. The van der Waals surface area contributed by atoms with E-state index in [1.807, 2.05) is 38.1 Å². The number of aryl methyl sites for hydroxylation is 1. The van der Waals surface area contributed by atoms with Crippen molar-refractivity contribution < 1.29 is 4.84 Å². The van der Waals surface area contributed by atoms with Crippen LogP contribution in [0.5, 0.6) is 5.75 Å². The highest BCUT2D eigenvalue weighted by Crippen LogP contribution is 2.14. The molecule has 3 heteroatoms. The van der Waals surface area contributed by atoms with Gasteiger partial charge in [-0.15, -0.1) is 0 Å². The monoisotopic (exact) mass is 178 g/mol. The molecule has 13 heavy (non-hydrogen) atoms. The van der Waals surface area contributed by atoms with Gasteiger partial charge in [-0.25, -0.2) is 5.48 Å². The second-order valence-corrected chi connectivity index (χ2v) is 2.61. The van der Waals surface area contributed by atoms with Crippen LogP contribution in [0.25, 0.3) is 0 Å². The minimum Gasteiger partial charge on any atom is -0.381 e. The Balaban J connectivity index is 2.45. The number of benzene rings is 1. The van der Waals surface area contributed by atoms with Gasteiger partial charge in [0, 0.05) is 6.54 Å². The third-order valence-corrected chi connectivity index (χ3v) is 1.59. The molecule has 3 nitrogen and oxygen atoms in total. The number of hydrogen-bond acceptors (Lipinski definition) is 2. The van der Waals surface area contributed by atoms with E-state index in [1.54, 1.807) is 6.34 Å². The van der Waals surface area contributed by atoms with Gasteiger partial charge in [0.2, 0.25) is 0 Å². The van der Waals surface area contributed by atoms with E-state index < -0.39 is 0 Å². The minimum atomic E-state index is 0.754. The lowest BCUT2D eigenvalue weighted by Gasteiger charge is -2.05. The van der Waals surface area contributed by atoms with Crippen LogP contribution in [-0.2, 0) is 0 Å². The van der Waals surface area contributed by atoms with Crippen molar-refractivity contribution >= 4 is 6.34 Å². The molecule has 0 fully saturated rings. The fourth-order valence-corrected chi connectivity index (χ4v) is 0.889. The second kappa shape index (κ2) is 5.19. The van der Waals surface area contributed by atoms with Crippen LogP contribution >= 0.6 is 0 Å². The zero-order valence-electron chi connectivity index (χ0n) is 7.95. The largest absolute Gasteiger partial charge is 0.381 e. The summed E-state index contributed by atoms with van der Waals surface area (Å²) < 4.78 is 0. The van der Waals surface area contributed by atoms with Crippen molar-refractivity contribution in [3.05, 3.63) is 29.8 Å². The molecule has 0 aliphatic carbocycles. The van der Waals surface area contributed by atoms with Gasteiger partial charge in [-0.3, -0.25) is 4.99 Å². The van der Waals surface area contributed by atoms with Crippen molar-refractivity contribution in [1.82, 2.24) is 5.48 Å². The van der Waals surface area contributed by atoms with E-state index in [1.165, 1.54) is 0 Å². The van der Waals surface area contributed by atoms with E-state index in [2.05, 4.69) is 10.5 Å². The van der Waals surface area contributed by atoms with E-state index in [0.717, 1.165) is 17.9 Å². The van der Waals surface area contributed by atoms with Crippen molar-refractivity contribution in [2.24, 2.45) is 4.99 Å². The van der Waals surface area contributed by atoms with Crippen LogP contribution in [0.2, 0.25) is 0 Å². The number of hydroxylamine groups is 1. The molecule has 0 saturated carbocycles. The van der Waals surface area contributed by atoms with Gasteiger partial charge in [-0.05, 0) is 25.5 Å².